The number of amides is 2. The van der Waals surface area contributed by atoms with Gasteiger partial charge in [0.2, 0.25) is 21.8 Å². The number of hydrogen-bond acceptors (Lipinski definition) is 4. The summed E-state index contributed by atoms with van der Waals surface area (Å²) in [5, 5.41) is 5.55. The van der Waals surface area contributed by atoms with Gasteiger partial charge in [0.25, 0.3) is 0 Å². The van der Waals surface area contributed by atoms with Gasteiger partial charge in [-0.25, -0.2) is 8.42 Å². The Morgan fingerprint density at radius 1 is 1.00 bits per heavy atom. The van der Waals surface area contributed by atoms with E-state index in [4.69, 9.17) is 0 Å². The third-order valence-electron chi connectivity index (χ3n) is 4.89. The lowest BCUT2D eigenvalue weighted by molar-refractivity contribution is -0.121. The molecular formula is C21H25N3O4S. The van der Waals surface area contributed by atoms with E-state index in [9.17, 15) is 18.0 Å². The van der Waals surface area contributed by atoms with Crippen LogP contribution < -0.4 is 10.6 Å². The Labute approximate surface area is 171 Å². The molecule has 8 heteroatoms. The number of piperidine rings is 1. The predicted octanol–water partition coefficient (Wildman–Crippen LogP) is 3.07. The number of sulfonamides is 1. The number of nitrogens with one attached hydrogen (secondary N) is 2. The van der Waals surface area contributed by atoms with Gasteiger partial charge in [-0.2, -0.15) is 4.31 Å². The van der Waals surface area contributed by atoms with Crippen molar-refractivity contribution in [1.82, 2.24) is 4.31 Å². The topological polar surface area (TPSA) is 95.6 Å². The van der Waals surface area contributed by atoms with Gasteiger partial charge in [0.05, 0.1) is 10.8 Å². The number of hydrogen-bond donors (Lipinski definition) is 2. The second kappa shape index (κ2) is 9.19. The Morgan fingerprint density at radius 2 is 1.66 bits per heavy atom. The van der Waals surface area contributed by atoms with Crippen LogP contribution in [0.4, 0.5) is 11.4 Å². The van der Waals surface area contributed by atoms with E-state index in [2.05, 4.69) is 10.6 Å². The molecule has 1 unspecified atom stereocenters. The lowest BCUT2D eigenvalue weighted by Gasteiger charge is -2.31. The smallest absolute Gasteiger partial charge is 0.243 e. The van der Waals surface area contributed by atoms with E-state index in [-0.39, 0.29) is 23.3 Å². The van der Waals surface area contributed by atoms with Gasteiger partial charge in [-0.05, 0) is 49.2 Å². The summed E-state index contributed by atoms with van der Waals surface area (Å²) < 4.78 is 27.4. The van der Waals surface area contributed by atoms with Gasteiger partial charge < -0.3 is 10.6 Å². The van der Waals surface area contributed by atoms with Crippen molar-refractivity contribution in [3.05, 3.63) is 54.6 Å². The van der Waals surface area contributed by atoms with E-state index in [0.717, 1.165) is 0 Å². The molecule has 1 saturated heterocycles. The van der Waals surface area contributed by atoms with E-state index < -0.39 is 15.9 Å². The van der Waals surface area contributed by atoms with Gasteiger partial charge in [-0.3, -0.25) is 9.59 Å². The number of benzene rings is 2. The summed E-state index contributed by atoms with van der Waals surface area (Å²) in [7, 11) is -3.71. The Bertz CT molecular complexity index is 959. The molecular weight excluding hydrogens is 390 g/mol. The van der Waals surface area contributed by atoms with Crippen molar-refractivity contribution >= 4 is 33.2 Å². The molecule has 0 spiro atoms. The first-order valence-electron chi connectivity index (χ1n) is 9.66. The van der Waals surface area contributed by atoms with Crippen molar-refractivity contribution in [1.29, 1.82) is 0 Å². The summed E-state index contributed by atoms with van der Waals surface area (Å²) in [5.74, 6) is -0.709. The lowest BCUT2D eigenvalue weighted by Crippen LogP contribution is -2.43. The fraction of sp³-hybridized carbons (Fsp3) is 0.333. The van der Waals surface area contributed by atoms with Gasteiger partial charge in [-0.15, -0.1) is 0 Å². The number of nitrogens with zero attached hydrogens (tertiary/aromatic N) is 1. The number of carbonyl (C=O) groups excluding carboxylic acids is 2. The fourth-order valence-electron chi connectivity index (χ4n) is 3.25. The molecule has 1 atom stereocenters. The molecule has 0 aliphatic carbocycles. The molecule has 1 heterocycles. The van der Waals surface area contributed by atoms with Crippen LogP contribution in [0.25, 0.3) is 0 Å². The quantitative estimate of drug-likeness (QED) is 0.758. The third-order valence-corrected chi connectivity index (χ3v) is 6.77. The average Bonchev–Trinajstić information content (AvgIpc) is 2.75. The van der Waals surface area contributed by atoms with Crippen molar-refractivity contribution in [2.45, 2.75) is 31.1 Å². The maximum atomic E-state index is 13.0. The second-order valence-electron chi connectivity index (χ2n) is 6.98. The molecule has 1 aliphatic heterocycles. The molecule has 2 N–H and O–H groups in total. The highest BCUT2D eigenvalue weighted by Crippen LogP contribution is 2.25. The number of carbonyl (C=O) groups is 2. The highest BCUT2D eigenvalue weighted by molar-refractivity contribution is 7.89. The van der Waals surface area contributed by atoms with Crippen LogP contribution in [0.5, 0.6) is 0 Å². The zero-order chi connectivity index (χ0) is 20.9. The lowest BCUT2D eigenvalue weighted by atomic mass is 9.99. The molecule has 2 aromatic rings. The molecule has 0 saturated carbocycles. The van der Waals surface area contributed by atoms with Crippen LogP contribution in [0.2, 0.25) is 0 Å². The van der Waals surface area contributed by atoms with Crippen molar-refractivity contribution in [2.24, 2.45) is 5.92 Å². The maximum Gasteiger partial charge on any atom is 0.243 e. The van der Waals surface area contributed by atoms with Gasteiger partial charge >= 0.3 is 0 Å². The summed E-state index contributed by atoms with van der Waals surface area (Å²) in [4.78, 5) is 24.2. The largest absolute Gasteiger partial charge is 0.326 e. The van der Waals surface area contributed by atoms with Crippen molar-refractivity contribution in [3.8, 4) is 0 Å². The third kappa shape index (κ3) is 5.21. The van der Waals surface area contributed by atoms with Gasteiger partial charge in [-0.1, -0.05) is 25.1 Å². The molecule has 7 nitrogen and oxygen atoms in total. The van der Waals surface area contributed by atoms with E-state index in [1.165, 1.54) is 16.4 Å². The van der Waals surface area contributed by atoms with Crippen molar-refractivity contribution in [2.75, 3.05) is 23.7 Å². The molecule has 3 rings (SSSR count). The molecule has 2 aromatic carbocycles. The summed E-state index contributed by atoms with van der Waals surface area (Å²) in [5.41, 5.74) is 1.25. The van der Waals surface area contributed by atoms with E-state index in [1.54, 1.807) is 31.2 Å². The van der Waals surface area contributed by atoms with Gasteiger partial charge in [0, 0.05) is 30.9 Å². The number of para-hydroxylation sites is 1. The molecule has 0 radical (unpaired) electrons. The number of anilines is 2. The molecule has 154 valence electrons. The van der Waals surface area contributed by atoms with Crippen LogP contribution in [0, 0.1) is 5.92 Å². The van der Waals surface area contributed by atoms with E-state index in [0.29, 0.717) is 37.2 Å². The zero-order valence-electron chi connectivity index (χ0n) is 16.3. The zero-order valence-corrected chi connectivity index (χ0v) is 17.1. The molecule has 0 aromatic heterocycles. The van der Waals surface area contributed by atoms with Crippen LogP contribution in [-0.4, -0.2) is 37.6 Å². The second-order valence-corrected chi connectivity index (χ2v) is 8.92. The molecule has 1 aliphatic rings. The normalized spacial score (nSPS) is 17.5. The summed E-state index contributed by atoms with van der Waals surface area (Å²) in [6, 6.07) is 15.2. The van der Waals surface area contributed by atoms with Crippen molar-refractivity contribution < 1.29 is 18.0 Å². The summed E-state index contributed by atoms with van der Waals surface area (Å²) in [6.07, 6.45) is 1.61. The van der Waals surface area contributed by atoms with Crippen LogP contribution in [0.1, 0.15) is 26.2 Å². The van der Waals surface area contributed by atoms with Crippen LogP contribution in [0.3, 0.4) is 0 Å². The number of rotatable bonds is 6. The monoisotopic (exact) mass is 415 g/mol. The molecule has 29 heavy (non-hydrogen) atoms. The molecule has 1 fully saturated rings. The minimum absolute atomic E-state index is 0.135. The minimum Gasteiger partial charge on any atom is -0.326 e. The summed E-state index contributed by atoms with van der Waals surface area (Å²) in [6.45, 7) is 2.27. The first kappa shape index (κ1) is 21.0. The average molecular weight is 416 g/mol. The highest BCUT2D eigenvalue weighted by atomic mass is 32.2. The maximum absolute atomic E-state index is 13.0. The van der Waals surface area contributed by atoms with Crippen LogP contribution in [-0.2, 0) is 19.6 Å². The first-order chi connectivity index (χ1) is 13.9. The SMILES string of the molecule is CCC(=O)Nc1ccc(S(=O)(=O)N2CCCC(C(=O)Nc3ccccc3)C2)cc1. The Kier molecular flexibility index (Phi) is 6.66. The van der Waals surface area contributed by atoms with E-state index in [1.807, 2.05) is 18.2 Å². The first-order valence-corrected chi connectivity index (χ1v) is 11.1. The highest BCUT2D eigenvalue weighted by Gasteiger charge is 2.33. The predicted molar refractivity (Wildman–Crippen MR) is 112 cm³/mol. The minimum atomic E-state index is -3.71. The molecule has 0 bridgehead atoms. The standard InChI is InChI=1S/C21H25N3O4S/c1-2-20(25)22-18-10-12-19(13-11-18)29(27,28)24-14-6-7-16(15-24)21(26)23-17-8-4-3-5-9-17/h3-5,8-13,16H,2,6-7,14-15H2,1H3,(H,22,25)(H,23,26). The van der Waals surface area contributed by atoms with Crippen LogP contribution >= 0.6 is 0 Å². The van der Waals surface area contributed by atoms with Crippen LogP contribution in [0.15, 0.2) is 59.5 Å². The fourth-order valence-corrected chi connectivity index (χ4v) is 4.77. The van der Waals surface area contributed by atoms with E-state index >= 15 is 0 Å². The Balaban J connectivity index is 1.68. The Hall–Kier alpha value is -2.71. The molecule has 2 amide bonds. The van der Waals surface area contributed by atoms with Crippen molar-refractivity contribution in [3.63, 3.8) is 0 Å². The van der Waals surface area contributed by atoms with Gasteiger partial charge in [0.1, 0.15) is 0 Å². The summed E-state index contributed by atoms with van der Waals surface area (Å²) >= 11 is 0. The van der Waals surface area contributed by atoms with Gasteiger partial charge in [0.15, 0.2) is 0 Å². The Morgan fingerprint density at radius 3 is 2.31 bits per heavy atom.